The van der Waals surface area contributed by atoms with E-state index in [2.05, 4.69) is 22.5 Å². The van der Waals surface area contributed by atoms with Crippen molar-refractivity contribution in [2.45, 2.75) is 0 Å². The lowest BCUT2D eigenvalue weighted by Gasteiger charge is -2.08. The summed E-state index contributed by atoms with van der Waals surface area (Å²) in [4.78, 5) is 0. The first-order valence-electron chi connectivity index (χ1n) is 8.90. The van der Waals surface area contributed by atoms with Crippen molar-refractivity contribution in [1.29, 1.82) is 0 Å². The number of hydrogen-bond donors (Lipinski definition) is 2. The minimum Gasteiger partial charge on any atom is -0.492 e. The van der Waals surface area contributed by atoms with Crippen LogP contribution in [0.25, 0.3) is 27.8 Å². The molecule has 0 radical (unpaired) electrons. The van der Waals surface area contributed by atoms with Gasteiger partial charge in [0.05, 0.1) is 30.8 Å². The Kier molecular flexibility index (Phi) is 5.18. The zero-order chi connectivity index (χ0) is 18.5. The van der Waals surface area contributed by atoms with E-state index in [0.717, 1.165) is 33.5 Å². The number of nitrogens with one attached hydrogen (secondary N) is 1. The van der Waals surface area contributed by atoms with E-state index < -0.39 is 0 Å². The highest BCUT2D eigenvalue weighted by atomic mass is 16.5. The van der Waals surface area contributed by atoms with Gasteiger partial charge >= 0.3 is 0 Å². The molecule has 27 heavy (non-hydrogen) atoms. The molecular weight excluding hydrogens is 342 g/mol. The van der Waals surface area contributed by atoms with Crippen LogP contribution in [0.5, 0.6) is 5.75 Å². The van der Waals surface area contributed by atoms with Crippen LogP contribution in [-0.4, -0.2) is 41.0 Å². The molecule has 2 N–H and O–H groups in total. The Morgan fingerprint density at radius 2 is 1.85 bits per heavy atom. The second-order valence-electron chi connectivity index (χ2n) is 6.16. The Morgan fingerprint density at radius 1 is 1.00 bits per heavy atom. The highest BCUT2D eigenvalue weighted by Crippen LogP contribution is 2.28. The molecule has 0 aliphatic heterocycles. The lowest BCUT2D eigenvalue weighted by Crippen LogP contribution is -2.23. The van der Waals surface area contributed by atoms with E-state index in [1.165, 1.54) is 0 Å². The van der Waals surface area contributed by atoms with Gasteiger partial charge in [0.15, 0.2) is 0 Å². The zero-order valence-corrected chi connectivity index (χ0v) is 14.8. The van der Waals surface area contributed by atoms with Crippen LogP contribution in [0.1, 0.15) is 0 Å². The lowest BCUT2D eigenvalue weighted by molar-refractivity contribution is 0.276. The number of nitrogens with zero attached hydrogens (tertiary/aromatic N) is 2. The number of furan rings is 1. The maximum absolute atomic E-state index is 8.72. The largest absolute Gasteiger partial charge is 0.492 e. The van der Waals surface area contributed by atoms with E-state index in [1.54, 1.807) is 12.5 Å². The van der Waals surface area contributed by atoms with Crippen LogP contribution in [-0.2, 0) is 0 Å². The van der Waals surface area contributed by atoms with Gasteiger partial charge in [-0.1, -0.05) is 18.2 Å². The normalized spacial score (nSPS) is 11.1. The summed E-state index contributed by atoms with van der Waals surface area (Å²) < 4.78 is 12.7. The molecule has 4 rings (SSSR count). The Morgan fingerprint density at radius 3 is 2.63 bits per heavy atom. The molecule has 4 aromatic rings. The summed E-state index contributed by atoms with van der Waals surface area (Å²) in [7, 11) is 0. The van der Waals surface area contributed by atoms with Crippen LogP contribution in [0.3, 0.4) is 0 Å². The average molecular weight is 363 g/mol. The molecule has 3 heterocycles. The fraction of sp³-hybridized carbons (Fsp3) is 0.190. The van der Waals surface area contributed by atoms with Gasteiger partial charge in [0.2, 0.25) is 0 Å². The molecule has 1 aromatic carbocycles. The number of pyridine rings is 1. The molecule has 0 saturated heterocycles. The number of hydrogen-bond acceptors (Lipinski definition) is 5. The van der Waals surface area contributed by atoms with Crippen LogP contribution in [0.15, 0.2) is 71.8 Å². The Hall–Kier alpha value is -3.09. The molecule has 0 unspecified atom stereocenters. The van der Waals surface area contributed by atoms with Gasteiger partial charge < -0.3 is 19.6 Å². The maximum Gasteiger partial charge on any atom is 0.119 e. The topological polar surface area (TPSA) is 71.9 Å². The van der Waals surface area contributed by atoms with E-state index in [9.17, 15) is 0 Å². The summed E-state index contributed by atoms with van der Waals surface area (Å²) in [6.07, 6.45) is 7.27. The molecule has 0 fully saturated rings. The summed E-state index contributed by atoms with van der Waals surface area (Å²) in [6, 6.07) is 14.1. The monoisotopic (exact) mass is 363 g/mol. The van der Waals surface area contributed by atoms with Crippen molar-refractivity contribution in [3.8, 4) is 28.0 Å². The van der Waals surface area contributed by atoms with Crippen molar-refractivity contribution in [3.63, 3.8) is 0 Å². The zero-order valence-electron chi connectivity index (χ0n) is 14.8. The van der Waals surface area contributed by atoms with Crippen molar-refractivity contribution >= 4 is 5.52 Å². The molecule has 3 aromatic heterocycles. The molecule has 0 bridgehead atoms. The van der Waals surface area contributed by atoms with Gasteiger partial charge in [0.25, 0.3) is 0 Å². The van der Waals surface area contributed by atoms with Gasteiger partial charge in [0, 0.05) is 36.0 Å². The third-order valence-electron chi connectivity index (χ3n) is 4.37. The second-order valence-corrected chi connectivity index (χ2v) is 6.16. The number of fused-ring (bicyclic) bond motifs is 1. The average Bonchev–Trinajstić information content (AvgIpc) is 3.37. The molecular formula is C21H21N3O3. The summed E-state index contributed by atoms with van der Waals surface area (Å²) in [5, 5.41) is 16.3. The van der Waals surface area contributed by atoms with Crippen LogP contribution >= 0.6 is 0 Å². The quantitative estimate of drug-likeness (QED) is 0.470. The summed E-state index contributed by atoms with van der Waals surface area (Å²) in [5.74, 6) is 0.826. The van der Waals surface area contributed by atoms with E-state index in [-0.39, 0.29) is 6.61 Å². The molecule has 0 atom stereocenters. The third kappa shape index (κ3) is 3.86. The van der Waals surface area contributed by atoms with E-state index in [0.29, 0.717) is 19.7 Å². The van der Waals surface area contributed by atoms with Gasteiger partial charge in [-0.05, 0) is 29.8 Å². The SMILES string of the molecule is OCCNCCOc1ccc(-c2ccc3c(-c4ccoc4)cnn3c2)cc1. The first-order valence-corrected chi connectivity index (χ1v) is 8.90. The molecule has 0 aliphatic carbocycles. The van der Waals surface area contributed by atoms with Crippen molar-refractivity contribution < 1.29 is 14.3 Å². The fourth-order valence-electron chi connectivity index (χ4n) is 2.98. The molecule has 0 amide bonds. The Bertz CT molecular complexity index is 991. The van der Waals surface area contributed by atoms with Crippen molar-refractivity contribution in [1.82, 2.24) is 14.9 Å². The van der Waals surface area contributed by atoms with Crippen LogP contribution in [0.4, 0.5) is 0 Å². The summed E-state index contributed by atoms with van der Waals surface area (Å²) in [5.41, 5.74) is 5.29. The van der Waals surface area contributed by atoms with Crippen molar-refractivity contribution in [2.75, 3.05) is 26.3 Å². The van der Waals surface area contributed by atoms with Gasteiger partial charge in [0.1, 0.15) is 12.4 Å². The van der Waals surface area contributed by atoms with Gasteiger partial charge in [-0.3, -0.25) is 0 Å². The first-order chi connectivity index (χ1) is 13.3. The highest BCUT2D eigenvalue weighted by Gasteiger charge is 2.09. The van der Waals surface area contributed by atoms with E-state index in [4.69, 9.17) is 14.3 Å². The van der Waals surface area contributed by atoms with Crippen LogP contribution in [0.2, 0.25) is 0 Å². The van der Waals surface area contributed by atoms with E-state index >= 15 is 0 Å². The predicted octanol–water partition coefficient (Wildman–Crippen LogP) is 3.22. The molecule has 0 spiro atoms. The minimum absolute atomic E-state index is 0.138. The summed E-state index contributed by atoms with van der Waals surface area (Å²) >= 11 is 0. The first kappa shape index (κ1) is 17.3. The number of rotatable bonds is 8. The molecule has 6 nitrogen and oxygen atoms in total. The smallest absolute Gasteiger partial charge is 0.119 e. The summed E-state index contributed by atoms with van der Waals surface area (Å²) in [6.45, 7) is 1.99. The van der Waals surface area contributed by atoms with Gasteiger partial charge in [-0.25, -0.2) is 4.52 Å². The number of benzene rings is 1. The van der Waals surface area contributed by atoms with Crippen LogP contribution < -0.4 is 10.1 Å². The molecule has 138 valence electrons. The number of aliphatic hydroxyl groups is 1. The maximum atomic E-state index is 8.72. The van der Waals surface area contributed by atoms with Crippen molar-refractivity contribution in [2.24, 2.45) is 0 Å². The Labute approximate surface area is 157 Å². The van der Waals surface area contributed by atoms with E-state index in [1.807, 2.05) is 47.2 Å². The molecule has 0 aliphatic rings. The Balaban J connectivity index is 1.47. The molecule has 0 saturated carbocycles. The third-order valence-corrected chi connectivity index (χ3v) is 4.37. The number of aliphatic hydroxyl groups excluding tert-OH is 1. The fourth-order valence-corrected chi connectivity index (χ4v) is 2.98. The number of aromatic nitrogens is 2. The number of ether oxygens (including phenoxy) is 1. The second kappa shape index (κ2) is 8.07. The van der Waals surface area contributed by atoms with Gasteiger partial charge in [-0.15, -0.1) is 0 Å². The standard InChI is InChI=1S/C21H21N3O3/c25-10-8-22-9-12-27-19-4-1-16(2-5-19)17-3-6-21-20(13-23-24(21)14-17)18-7-11-26-15-18/h1-7,11,13-15,22,25H,8-10,12H2. The van der Waals surface area contributed by atoms with Crippen LogP contribution in [0, 0.1) is 0 Å². The van der Waals surface area contributed by atoms with Gasteiger partial charge in [-0.2, -0.15) is 5.10 Å². The molecule has 6 heteroatoms. The van der Waals surface area contributed by atoms with Crippen molar-refractivity contribution in [3.05, 3.63) is 67.4 Å². The predicted molar refractivity (Wildman–Crippen MR) is 104 cm³/mol. The minimum atomic E-state index is 0.138. The lowest BCUT2D eigenvalue weighted by atomic mass is 10.1. The highest BCUT2D eigenvalue weighted by molar-refractivity contribution is 5.80.